The number of ether oxygens (including phenoxy) is 1. The molecule has 0 aromatic carbocycles. The van der Waals surface area contributed by atoms with Crippen LogP contribution in [0, 0.1) is 0 Å². The van der Waals surface area contributed by atoms with Crippen molar-refractivity contribution in [2.45, 2.75) is 19.4 Å². The van der Waals surface area contributed by atoms with Crippen LogP contribution in [-0.4, -0.2) is 57.9 Å². The summed E-state index contributed by atoms with van der Waals surface area (Å²) in [7, 11) is -1.22. The topological polar surface area (TPSA) is 58.6 Å². The van der Waals surface area contributed by atoms with Crippen LogP contribution in [0.1, 0.15) is 13.3 Å². The van der Waals surface area contributed by atoms with Crippen molar-refractivity contribution in [1.82, 2.24) is 9.62 Å². The molecule has 1 N–H and O–H groups in total. The van der Waals surface area contributed by atoms with Crippen LogP contribution in [0.15, 0.2) is 0 Å². The molecule has 5 nitrogen and oxygen atoms in total. The first-order valence-corrected chi connectivity index (χ1v) is 6.95. The maximum absolute atomic E-state index is 11.8. The van der Waals surface area contributed by atoms with Crippen LogP contribution in [0.25, 0.3) is 0 Å². The summed E-state index contributed by atoms with van der Waals surface area (Å²) in [6.45, 7) is 4.03. The van der Waals surface area contributed by atoms with Crippen LogP contribution in [0.3, 0.4) is 0 Å². The molecule has 1 aliphatic rings. The highest BCUT2D eigenvalue weighted by atomic mass is 32.2. The molecule has 1 heterocycles. The van der Waals surface area contributed by atoms with Gasteiger partial charge in [0.1, 0.15) is 0 Å². The van der Waals surface area contributed by atoms with Gasteiger partial charge in [0.2, 0.25) is 10.0 Å². The quantitative estimate of drug-likeness (QED) is 0.708. The average Bonchev–Trinajstić information content (AvgIpc) is 2.19. The lowest BCUT2D eigenvalue weighted by Gasteiger charge is -2.32. The first-order chi connectivity index (χ1) is 7.10. The summed E-state index contributed by atoms with van der Waals surface area (Å²) in [6.07, 6.45) is 0.645. The summed E-state index contributed by atoms with van der Waals surface area (Å²) in [5.74, 6) is 0.235. The highest BCUT2D eigenvalue weighted by molar-refractivity contribution is 7.89. The molecule has 15 heavy (non-hydrogen) atoms. The van der Waals surface area contributed by atoms with Crippen LogP contribution in [0.2, 0.25) is 0 Å². The molecular weight excluding hydrogens is 216 g/mol. The molecule has 6 heteroatoms. The Balaban J connectivity index is 2.55. The van der Waals surface area contributed by atoms with Gasteiger partial charge in [-0.25, -0.2) is 8.42 Å². The average molecular weight is 236 g/mol. The number of rotatable bonds is 5. The molecule has 0 bridgehead atoms. The van der Waals surface area contributed by atoms with E-state index in [4.69, 9.17) is 4.74 Å². The van der Waals surface area contributed by atoms with E-state index in [9.17, 15) is 8.42 Å². The van der Waals surface area contributed by atoms with Crippen LogP contribution in [-0.2, 0) is 14.8 Å². The first-order valence-electron chi connectivity index (χ1n) is 5.34. The Labute approximate surface area is 91.8 Å². The Morgan fingerprint density at radius 3 is 2.87 bits per heavy atom. The second kappa shape index (κ2) is 5.79. The smallest absolute Gasteiger partial charge is 0.214 e. The Kier molecular flexibility index (Phi) is 4.98. The number of morpholine rings is 1. The molecule has 1 unspecified atom stereocenters. The van der Waals surface area contributed by atoms with Crippen LogP contribution in [0.5, 0.6) is 0 Å². The fraction of sp³-hybridized carbons (Fsp3) is 1.00. The molecule has 0 radical (unpaired) electrons. The number of sulfonamides is 1. The van der Waals surface area contributed by atoms with E-state index in [2.05, 4.69) is 5.32 Å². The standard InChI is InChI=1S/C9H20N2O3S/c1-3-6-15(12,13)11-4-5-14-9(8-11)7-10-2/h9-10H,3-8H2,1-2H3. The van der Waals surface area contributed by atoms with E-state index in [-0.39, 0.29) is 11.9 Å². The Morgan fingerprint density at radius 1 is 1.53 bits per heavy atom. The van der Waals surface area contributed by atoms with Gasteiger partial charge in [-0.2, -0.15) is 4.31 Å². The van der Waals surface area contributed by atoms with E-state index in [0.717, 1.165) is 0 Å². The molecule has 0 spiro atoms. The van der Waals surface area contributed by atoms with Gasteiger partial charge in [-0.15, -0.1) is 0 Å². The highest BCUT2D eigenvalue weighted by Gasteiger charge is 2.28. The normalized spacial score (nSPS) is 24.3. The molecule has 1 atom stereocenters. The summed E-state index contributed by atoms with van der Waals surface area (Å²) in [5.41, 5.74) is 0. The van der Waals surface area contributed by atoms with E-state index >= 15 is 0 Å². The zero-order valence-corrected chi connectivity index (χ0v) is 10.2. The summed E-state index contributed by atoms with van der Waals surface area (Å²) in [6, 6.07) is 0. The van der Waals surface area contributed by atoms with Crippen molar-refractivity contribution < 1.29 is 13.2 Å². The van der Waals surface area contributed by atoms with Gasteiger partial charge in [0, 0.05) is 19.6 Å². The number of nitrogens with one attached hydrogen (secondary N) is 1. The van der Waals surface area contributed by atoms with Crippen molar-refractivity contribution in [1.29, 1.82) is 0 Å². The van der Waals surface area contributed by atoms with Crippen molar-refractivity contribution >= 4 is 10.0 Å². The van der Waals surface area contributed by atoms with Gasteiger partial charge in [0.15, 0.2) is 0 Å². The molecule has 1 aliphatic heterocycles. The maximum atomic E-state index is 11.8. The van der Waals surface area contributed by atoms with Crippen molar-refractivity contribution in [3.63, 3.8) is 0 Å². The SMILES string of the molecule is CCCS(=O)(=O)N1CCOC(CNC)C1. The molecular formula is C9H20N2O3S. The van der Waals surface area contributed by atoms with E-state index in [1.54, 1.807) is 4.31 Å². The second-order valence-electron chi connectivity index (χ2n) is 3.72. The first kappa shape index (κ1) is 12.9. The van der Waals surface area contributed by atoms with Crippen molar-refractivity contribution in [3.8, 4) is 0 Å². The van der Waals surface area contributed by atoms with E-state index in [1.807, 2.05) is 14.0 Å². The summed E-state index contributed by atoms with van der Waals surface area (Å²) in [5, 5.41) is 2.99. The van der Waals surface area contributed by atoms with E-state index < -0.39 is 10.0 Å². The molecule has 0 saturated carbocycles. The molecule has 90 valence electrons. The van der Waals surface area contributed by atoms with Gasteiger partial charge in [0.25, 0.3) is 0 Å². The van der Waals surface area contributed by atoms with Gasteiger partial charge in [-0.3, -0.25) is 0 Å². The summed E-state index contributed by atoms with van der Waals surface area (Å²) < 4.78 is 30.6. The molecule has 1 rings (SSSR count). The lowest BCUT2D eigenvalue weighted by molar-refractivity contribution is 0.000839. The number of hydrogen-bond acceptors (Lipinski definition) is 4. The maximum Gasteiger partial charge on any atom is 0.214 e. The number of hydrogen-bond donors (Lipinski definition) is 1. The summed E-state index contributed by atoms with van der Waals surface area (Å²) >= 11 is 0. The van der Waals surface area contributed by atoms with Crippen molar-refractivity contribution in [2.75, 3.05) is 39.0 Å². The highest BCUT2D eigenvalue weighted by Crippen LogP contribution is 2.10. The van der Waals surface area contributed by atoms with Gasteiger partial charge in [-0.1, -0.05) is 6.92 Å². The van der Waals surface area contributed by atoms with E-state index in [0.29, 0.717) is 32.7 Å². The second-order valence-corrected chi connectivity index (χ2v) is 5.81. The zero-order chi connectivity index (χ0) is 11.3. The molecule has 0 aliphatic carbocycles. The molecule has 1 fully saturated rings. The fourth-order valence-corrected chi connectivity index (χ4v) is 3.20. The molecule has 0 aromatic heterocycles. The van der Waals surface area contributed by atoms with E-state index in [1.165, 1.54) is 0 Å². The third kappa shape index (κ3) is 3.71. The largest absolute Gasteiger partial charge is 0.374 e. The summed E-state index contributed by atoms with van der Waals surface area (Å²) in [4.78, 5) is 0. The van der Waals surface area contributed by atoms with Crippen LogP contribution < -0.4 is 5.32 Å². The lowest BCUT2D eigenvalue weighted by atomic mass is 10.3. The number of nitrogens with zero attached hydrogens (tertiary/aromatic N) is 1. The van der Waals surface area contributed by atoms with Crippen molar-refractivity contribution in [3.05, 3.63) is 0 Å². The predicted molar refractivity (Wildman–Crippen MR) is 59.3 cm³/mol. The number of likely N-dealkylation sites (N-methyl/N-ethyl adjacent to an activating group) is 1. The lowest BCUT2D eigenvalue weighted by Crippen LogP contribution is -2.49. The van der Waals surface area contributed by atoms with Crippen LogP contribution in [0.4, 0.5) is 0 Å². The molecule has 0 aromatic rings. The third-order valence-corrected chi connectivity index (χ3v) is 4.43. The third-order valence-electron chi connectivity index (χ3n) is 2.39. The van der Waals surface area contributed by atoms with Crippen molar-refractivity contribution in [2.24, 2.45) is 0 Å². The minimum atomic E-state index is -3.06. The molecule has 1 saturated heterocycles. The monoisotopic (exact) mass is 236 g/mol. The predicted octanol–water partition coefficient (Wildman–Crippen LogP) is -0.354. The van der Waals surface area contributed by atoms with Gasteiger partial charge in [-0.05, 0) is 13.5 Å². The van der Waals surface area contributed by atoms with Gasteiger partial charge in [0.05, 0.1) is 18.5 Å². The van der Waals surface area contributed by atoms with Crippen LogP contribution >= 0.6 is 0 Å². The Hall–Kier alpha value is -0.170. The Bertz CT molecular complexity index is 277. The zero-order valence-electron chi connectivity index (χ0n) is 9.40. The van der Waals surface area contributed by atoms with Gasteiger partial charge >= 0.3 is 0 Å². The minimum absolute atomic E-state index is 0.0182. The minimum Gasteiger partial charge on any atom is -0.374 e. The molecule has 0 amide bonds. The fourth-order valence-electron chi connectivity index (χ4n) is 1.68. The Morgan fingerprint density at radius 2 is 2.27 bits per heavy atom. The van der Waals surface area contributed by atoms with Gasteiger partial charge < -0.3 is 10.1 Å².